The first kappa shape index (κ1) is 25.4. The lowest BCUT2D eigenvalue weighted by molar-refractivity contribution is -0.139. The average molecular weight is 496 g/mol. The number of aliphatic carboxylic acids is 1. The number of nitrogens with one attached hydrogen (secondary N) is 3. The lowest BCUT2D eigenvalue weighted by atomic mass is 10.1. The summed E-state index contributed by atoms with van der Waals surface area (Å²) in [6, 6.07) is 8.83. The minimum absolute atomic E-state index is 0.168. The highest BCUT2D eigenvalue weighted by molar-refractivity contribution is 7.12. The van der Waals surface area contributed by atoms with E-state index < -0.39 is 23.8 Å². The van der Waals surface area contributed by atoms with Gasteiger partial charge in [0, 0.05) is 13.1 Å². The molecule has 1 atom stereocenters. The molecule has 5 N–H and O–H groups in total. The number of nitrogens with zero attached hydrogens (tertiary/aromatic N) is 2. The second-order valence-electron chi connectivity index (χ2n) is 7.52. The summed E-state index contributed by atoms with van der Waals surface area (Å²) >= 11 is 1.23. The summed E-state index contributed by atoms with van der Waals surface area (Å²) < 4.78 is 0. The molecule has 10 nitrogen and oxygen atoms in total. The van der Waals surface area contributed by atoms with E-state index in [-0.39, 0.29) is 17.9 Å². The first-order valence-electron chi connectivity index (χ1n) is 10.6. The molecule has 11 heteroatoms. The van der Waals surface area contributed by atoms with E-state index in [2.05, 4.69) is 25.9 Å². The Hall–Kier alpha value is -4.25. The van der Waals surface area contributed by atoms with Gasteiger partial charge in [-0.2, -0.15) is 0 Å². The van der Waals surface area contributed by atoms with Crippen LogP contribution in [0.15, 0.2) is 47.9 Å². The van der Waals surface area contributed by atoms with Crippen LogP contribution in [0.2, 0.25) is 0 Å². The second kappa shape index (κ2) is 11.7. The number of aryl methyl sites for hydroxylation is 2. The molecular formula is C24H25N5O5S. The van der Waals surface area contributed by atoms with E-state index >= 15 is 0 Å². The van der Waals surface area contributed by atoms with Gasteiger partial charge >= 0.3 is 5.97 Å². The Labute approximate surface area is 205 Å². The molecule has 2 aromatic heterocycles. The van der Waals surface area contributed by atoms with Gasteiger partial charge in [-0.15, -0.1) is 11.3 Å². The van der Waals surface area contributed by atoms with Gasteiger partial charge in [-0.25, -0.2) is 14.8 Å². The fourth-order valence-corrected chi connectivity index (χ4v) is 3.86. The number of aromatic nitrogens is 2. The van der Waals surface area contributed by atoms with E-state index in [1.54, 1.807) is 49.6 Å². The summed E-state index contributed by atoms with van der Waals surface area (Å²) in [7, 11) is 0. The summed E-state index contributed by atoms with van der Waals surface area (Å²) in [6.07, 6.45) is 3.67. The number of thiophene rings is 1. The van der Waals surface area contributed by atoms with Crippen LogP contribution in [-0.2, 0) is 4.79 Å². The third kappa shape index (κ3) is 7.11. The number of amides is 2. The number of rotatable bonds is 10. The van der Waals surface area contributed by atoms with Crippen molar-refractivity contribution in [2.75, 3.05) is 18.4 Å². The molecular weight excluding hydrogens is 470 g/mol. The number of carboxylic acids is 1. The third-order valence-corrected chi connectivity index (χ3v) is 5.74. The smallest absolute Gasteiger partial charge is 0.328 e. The highest BCUT2D eigenvalue weighted by Gasteiger charge is 2.24. The van der Waals surface area contributed by atoms with E-state index in [9.17, 15) is 24.6 Å². The molecule has 0 spiro atoms. The molecule has 3 rings (SSSR count). The number of anilines is 1. The molecule has 1 aromatic carbocycles. The maximum Gasteiger partial charge on any atom is 0.328 e. The van der Waals surface area contributed by atoms with Gasteiger partial charge in [-0.1, -0.05) is 30.4 Å². The van der Waals surface area contributed by atoms with Crippen LogP contribution in [0, 0.1) is 13.8 Å². The van der Waals surface area contributed by atoms with Crippen molar-refractivity contribution in [2.24, 2.45) is 0 Å². The standard InChI is InChI=1S/C24H25N5O5S/c1-14-20(22(32)29-18(23(33)34)13-26-21(31)19-9-5-11-35-19)15(2)28-24(27-14)25-10-4-7-16-6-3-8-17(30)12-16/h3-9,11-12,18,30H,10,13H2,1-2H3,(H,26,31)(H,29,32)(H,33,34)(H,25,27,28)/t18-/m0/s1. The predicted molar refractivity (Wildman–Crippen MR) is 133 cm³/mol. The number of benzene rings is 1. The number of aromatic hydroxyl groups is 1. The third-order valence-electron chi connectivity index (χ3n) is 4.87. The summed E-state index contributed by atoms with van der Waals surface area (Å²) in [5.41, 5.74) is 1.76. The molecule has 0 saturated carbocycles. The van der Waals surface area contributed by atoms with Gasteiger partial charge in [0.25, 0.3) is 11.8 Å². The van der Waals surface area contributed by atoms with Gasteiger partial charge in [-0.05, 0) is 43.0 Å². The molecule has 3 aromatic rings. The van der Waals surface area contributed by atoms with Crippen LogP contribution in [0.5, 0.6) is 5.75 Å². The number of carboxylic acid groups (broad SMARTS) is 1. The summed E-state index contributed by atoms with van der Waals surface area (Å²) in [6.45, 7) is 3.39. The second-order valence-corrected chi connectivity index (χ2v) is 8.47. The maximum atomic E-state index is 12.8. The van der Waals surface area contributed by atoms with Gasteiger partial charge in [0.15, 0.2) is 0 Å². The monoisotopic (exact) mass is 495 g/mol. The Morgan fingerprint density at radius 2 is 1.83 bits per heavy atom. The molecule has 35 heavy (non-hydrogen) atoms. The van der Waals surface area contributed by atoms with Gasteiger partial charge < -0.3 is 26.2 Å². The number of hydrogen-bond acceptors (Lipinski definition) is 8. The lowest BCUT2D eigenvalue weighted by Crippen LogP contribution is -2.48. The number of carbonyl (C=O) groups excluding carboxylic acids is 2. The number of carbonyl (C=O) groups is 3. The van der Waals surface area contributed by atoms with Gasteiger partial charge in [0.1, 0.15) is 11.8 Å². The largest absolute Gasteiger partial charge is 0.508 e. The molecule has 0 aliphatic carbocycles. The van der Waals surface area contributed by atoms with Crippen LogP contribution in [0.1, 0.15) is 37.0 Å². The quantitative estimate of drug-likeness (QED) is 0.288. The molecule has 0 saturated heterocycles. The first-order valence-corrected chi connectivity index (χ1v) is 11.5. The number of phenols is 1. The molecule has 0 aliphatic heterocycles. The van der Waals surface area contributed by atoms with Crippen molar-refractivity contribution in [3.8, 4) is 5.75 Å². The van der Waals surface area contributed by atoms with E-state index in [0.717, 1.165) is 5.56 Å². The molecule has 0 fully saturated rings. The SMILES string of the molecule is Cc1nc(NCC=Cc2cccc(O)c2)nc(C)c1C(=O)N[C@@H](CNC(=O)c1cccs1)C(=O)O. The first-order chi connectivity index (χ1) is 16.7. The maximum absolute atomic E-state index is 12.8. The van der Waals surface area contributed by atoms with Crippen molar-refractivity contribution < 1.29 is 24.6 Å². The van der Waals surface area contributed by atoms with Gasteiger partial charge in [0.05, 0.1) is 21.8 Å². The lowest BCUT2D eigenvalue weighted by Gasteiger charge is -2.17. The highest BCUT2D eigenvalue weighted by atomic mass is 32.1. The molecule has 182 valence electrons. The molecule has 0 aliphatic rings. The number of phenolic OH excluding ortho intramolecular Hbond substituents is 1. The van der Waals surface area contributed by atoms with Crippen molar-refractivity contribution in [3.05, 3.63) is 75.2 Å². The fraction of sp³-hybridized carbons (Fsp3) is 0.208. The minimum Gasteiger partial charge on any atom is -0.508 e. The Morgan fingerprint density at radius 3 is 2.46 bits per heavy atom. The Bertz CT molecular complexity index is 1220. The molecule has 0 radical (unpaired) electrons. The zero-order chi connectivity index (χ0) is 25.4. The van der Waals surface area contributed by atoms with Crippen molar-refractivity contribution in [3.63, 3.8) is 0 Å². The molecule has 2 heterocycles. The van der Waals surface area contributed by atoms with E-state index in [1.165, 1.54) is 11.3 Å². The highest BCUT2D eigenvalue weighted by Crippen LogP contribution is 2.14. The van der Waals surface area contributed by atoms with Crippen molar-refractivity contribution in [1.82, 2.24) is 20.6 Å². The summed E-state index contributed by atoms with van der Waals surface area (Å²) in [5, 5.41) is 28.7. The van der Waals surface area contributed by atoms with Crippen LogP contribution in [-0.4, -0.2) is 57.1 Å². The van der Waals surface area contributed by atoms with Crippen LogP contribution in [0.25, 0.3) is 6.08 Å². The van der Waals surface area contributed by atoms with Crippen LogP contribution in [0.3, 0.4) is 0 Å². The van der Waals surface area contributed by atoms with E-state index in [4.69, 9.17) is 0 Å². The average Bonchev–Trinajstić information content (AvgIpc) is 3.34. The zero-order valence-electron chi connectivity index (χ0n) is 19.1. The van der Waals surface area contributed by atoms with E-state index in [1.807, 2.05) is 18.2 Å². The van der Waals surface area contributed by atoms with Crippen LogP contribution in [0.4, 0.5) is 5.95 Å². The Balaban J connectivity index is 1.61. The zero-order valence-corrected chi connectivity index (χ0v) is 19.9. The van der Waals surface area contributed by atoms with E-state index in [0.29, 0.717) is 28.8 Å². The number of hydrogen-bond donors (Lipinski definition) is 5. The van der Waals surface area contributed by atoms with Crippen LogP contribution < -0.4 is 16.0 Å². The molecule has 0 bridgehead atoms. The predicted octanol–water partition coefficient (Wildman–Crippen LogP) is 2.60. The Kier molecular flexibility index (Phi) is 8.52. The Morgan fingerprint density at radius 1 is 1.09 bits per heavy atom. The van der Waals surface area contributed by atoms with Crippen molar-refractivity contribution in [2.45, 2.75) is 19.9 Å². The topological polar surface area (TPSA) is 154 Å². The molecule has 2 amide bonds. The van der Waals surface area contributed by atoms with Gasteiger partial charge in [-0.3, -0.25) is 9.59 Å². The van der Waals surface area contributed by atoms with Gasteiger partial charge in [0.2, 0.25) is 5.95 Å². The van der Waals surface area contributed by atoms with Crippen molar-refractivity contribution >= 4 is 41.1 Å². The minimum atomic E-state index is -1.33. The normalized spacial score (nSPS) is 11.7. The summed E-state index contributed by atoms with van der Waals surface area (Å²) in [5.74, 6) is -1.84. The van der Waals surface area contributed by atoms with Crippen molar-refractivity contribution in [1.29, 1.82) is 0 Å². The fourth-order valence-electron chi connectivity index (χ4n) is 3.22. The van der Waals surface area contributed by atoms with Crippen LogP contribution >= 0.6 is 11.3 Å². The molecule has 0 unspecified atom stereocenters. The summed E-state index contributed by atoms with van der Waals surface area (Å²) in [4.78, 5) is 45.6.